The van der Waals surface area contributed by atoms with E-state index in [9.17, 15) is 0 Å². The molecule has 0 aliphatic carbocycles. The number of aromatic nitrogens is 3. The molecule has 0 unspecified atom stereocenters. The van der Waals surface area contributed by atoms with Crippen molar-refractivity contribution in [3.63, 3.8) is 0 Å². The lowest BCUT2D eigenvalue weighted by molar-refractivity contribution is 0.645. The highest BCUT2D eigenvalue weighted by atomic mass is 35.5. The number of rotatable bonds is 3. The van der Waals surface area contributed by atoms with Gasteiger partial charge in [0, 0.05) is 17.0 Å². The minimum absolute atomic E-state index is 0.513. The molecule has 17 heavy (non-hydrogen) atoms. The van der Waals surface area contributed by atoms with Crippen LogP contribution in [-0.4, -0.2) is 14.8 Å². The first-order valence-corrected chi connectivity index (χ1v) is 6.16. The van der Waals surface area contributed by atoms with E-state index >= 15 is 0 Å². The molecule has 2 aromatic heterocycles. The summed E-state index contributed by atoms with van der Waals surface area (Å²) in [4.78, 5) is 4.48. The van der Waals surface area contributed by atoms with Crippen LogP contribution in [0.3, 0.4) is 0 Å². The fourth-order valence-electron chi connectivity index (χ4n) is 1.92. The number of aryl methyl sites for hydroxylation is 2. The van der Waals surface area contributed by atoms with Crippen LogP contribution in [0, 0.1) is 20.8 Å². The van der Waals surface area contributed by atoms with Crippen molar-refractivity contribution in [2.75, 3.05) is 0 Å². The molecular formula is C13H16ClN3. The quantitative estimate of drug-likeness (QED) is 0.783. The molecule has 2 heterocycles. The van der Waals surface area contributed by atoms with Gasteiger partial charge < -0.3 is 0 Å². The van der Waals surface area contributed by atoms with Crippen LogP contribution in [0.2, 0.25) is 0 Å². The molecule has 0 fully saturated rings. The number of alkyl halides is 1. The number of nitrogens with zero attached hydrogens (tertiary/aromatic N) is 3. The summed E-state index contributed by atoms with van der Waals surface area (Å²) in [6.07, 6.45) is 0. The maximum atomic E-state index is 5.91. The Hall–Kier alpha value is -1.35. The van der Waals surface area contributed by atoms with Crippen LogP contribution in [0.15, 0.2) is 18.2 Å². The van der Waals surface area contributed by atoms with Crippen LogP contribution < -0.4 is 0 Å². The number of halogens is 1. The fourth-order valence-corrected chi connectivity index (χ4v) is 2.31. The summed E-state index contributed by atoms with van der Waals surface area (Å²) in [6, 6.07) is 6.03. The van der Waals surface area contributed by atoms with Crippen molar-refractivity contribution in [3.05, 3.63) is 46.5 Å². The Balaban J connectivity index is 2.30. The van der Waals surface area contributed by atoms with Crippen LogP contribution in [0.4, 0.5) is 0 Å². The average Bonchev–Trinajstić information content (AvgIpc) is 2.54. The third-order valence-electron chi connectivity index (χ3n) is 2.92. The van der Waals surface area contributed by atoms with Crippen molar-refractivity contribution < 1.29 is 0 Å². The van der Waals surface area contributed by atoms with Gasteiger partial charge in [-0.25, -0.2) is 0 Å². The summed E-state index contributed by atoms with van der Waals surface area (Å²) in [6.45, 7) is 6.73. The average molecular weight is 250 g/mol. The molecule has 0 atom stereocenters. The second kappa shape index (κ2) is 4.88. The van der Waals surface area contributed by atoms with E-state index < -0.39 is 0 Å². The Morgan fingerprint density at radius 3 is 2.59 bits per heavy atom. The van der Waals surface area contributed by atoms with Crippen molar-refractivity contribution in [2.24, 2.45) is 0 Å². The fraction of sp³-hybridized carbons (Fsp3) is 0.385. The zero-order chi connectivity index (χ0) is 12.4. The topological polar surface area (TPSA) is 30.7 Å². The summed E-state index contributed by atoms with van der Waals surface area (Å²) in [5.41, 5.74) is 5.31. The normalized spacial score (nSPS) is 10.8. The second-order valence-electron chi connectivity index (χ2n) is 4.21. The highest BCUT2D eigenvalue weighted by Gasteiger charge is 2.10. The minimum atomic E-state index is 0.513. The van der Waals surface area contributed by atoms with E-state index in [0.717, 1.165) is 28.3 Å². The maximum Gasteiger partial charge on any atom is 0.0834 e. The summed E-state index contributed by atoms with van der Waals surface area (Å²) in [5, 5.41) is 4.50. The molecule has 2 aromatic rings. The van der Waals surface area contributed by atoms with Crippen LogP contribution in [0.1, 0.15) is 28.3 Å². The highest BCUT2D eigenvalue weighted by Crippen LogP contribution is 2.16. The zero-order valence-electron chi connectivity index (χ0n) is 10.4. The Bertz CT molecular complexity index is 531. The van der Waals surface area contributed by atoms with E-state index in [1.54, 1.807) is 0 Å². The predicted molar refractivity (Wildman–Crippen MR) is 69.3 cm³/mol. The van der Waals surface area contributed by atoms with Crippen molar-refractivity contribution in [3.8, 4) is 0 Å². The molecule has 0 aromatic carbocycles. The standard InChI is InChI=1S/C13H16ClN3/c1-9-5-4-6-12(15-9)8-17-11(3)13(7-14)10(2)16-17/h4-6H,7-8H2,1-3H3. The number of hydrogen-bond acceptors (Lipinski definition) is 2. The monoisotopic (exact) mass is 249 g/mol. The van der Waals surface area contributed by atoms with Crippen molar-refractivity contribution in [1.29, 1.82) is 0 Å². The van der Waals surface area contributed by atoms with Gasteiger partial charge in [0.1, 0.15) is 0 Å². The van der Waals surface area contributed by atoms with Gasteiger partial charge in [-0.3, -0.25) is 9.67 Å². The molecule has 2 rings (SSSR count). The first-order valence-electron chi connectivity index (χ1n) is 5.63. The van der Waals surface area contributed by atoms with Crippen LogP contribution in [0.5, 0.6) is 0 Å². The van der Waals surface area contributed by atoms with Gasteiger partial charge >= 0.3 is 0 Å². The summed E-state index contributed by atoms with van der Waals surface area (Å²) in [7, 11) is 0. The largest absolute Gasteiger partial charge is 0.263 e. The van der Waals surface area contributed by atoms with E-state index in [1.807, 2.05) is 43.7 Å². The Labute approximate surface area is 106 Å². The smallest absolute Gasteiger partial charge is 0.0834 e. The molecule has 0 spiro atoms. The van der Waals surface area contributed by atoms with Crippen molar-refractivity contribution in [2.45, 2.75) is 33.2 Å². The molecule has 0 amide bonds. The molecule has 0 aliphatic heterocycles. The van der Waals surface area contributed by atoms with E-state index in [4.69, 9.17) is 11.6 Å². The third kappa shape index (κ3) is 2.50. The van der Waals surface area contributed by atoms with E-state index in [0.29, 0.717) is 12.4 Å². The van der Waals surface area contributed by atoms with Gasteiger partial charge in [0.2, 0.25) is 0 Å². The van der Waals surface area contributed by atoms with Gasteiger partial charge in [-0.05, 0) is 32.9 Å². The van der Waals surface area contributed by atoms with Gasteiger partial charge in [0.25, 0.3) is 0 Å². The lowest BCUT2D eigenvalue weighted by Crippen LogP contribution is -2.06. The number of pyridine rings is 1. The van der Waals surface area contributed by atoms with Gasteiger partial charge in [-0.2, -0.15) is 5.10 Å². The molecule has 90 valence electrons. The Morgan fingerprint density at radius 1 is 1.24 bits per heavy atom. The highest BCUT2D eigenvalue weighted by molar-refractivity contribution is 6.17. The lowest BCUT2D eigenvalue weighted by atomic mass is 10.2. The zero-order valence-corrected chi connectivity index (χ0v) is 11.1. The lowest BCUT2D eigenvalue weighted by Gasteiger charge is -2.05. The summed E-state index contributed by atoms with van der Waals surface area (Å²) < 4.78 is 1.97. The molecule has 0 bridgehead atoms. The minimum Gasteiger partial charge on any atom is -0.263 e. The predicted octanol–water partition coefficient (Wildman–Crippen LogP) is 2.99. The molecule has 0 radical (unpaired) electrons. The van der Waals surface area contributed by atoms with Crippen LogP contribution in [-0.2, 0) is 12.4 Å². The molecule has 0 N–H and O–H groups in total. The van der Waals surface area contributed by atoms with Gasteiger partial charge in [-0.1, -0.05) is 6.07 Å². The second-order valence-corrected chi connectivity index (χ2v) is 4.48. The van der Waals surface area contributed by atoms with E-state index in [1.165, 1.54) is 0 Å². The first kappa shape index (κ1) is 12.1. The summed E-state index contributed by atoms with van der Waals surface area (Å²) >= 11 is 5.91. The van der Waals surface area contributed by atoms with Crippen molar-refractivity contribution >= 4 is 11.6 Å². The van der Waals surface area contributed by atoms with Gasteiger partial charge in [-0.15, -0.1) is 11.6 Å². The van der Waals surface area contributed by atoms with E-state index in [-0.39, 0.29) is 0 Å². The molecule has 0 saturated carbocycles. The SMILES string of the molecule is Cc1cccc(Cn2nc(C)c(CCl)c2C)n1. The van der Waals surface area contributed by atoms with Crippen molar-refractivity contribution in [1.82, 2.24) is 14.8 Å². The third-order valence-corrected chi connectivity index (χ3v) is 3.19. The Kier molecular flexibility index (Phi) is 3.48. The van der Waals surface area contributed by atoms with E-state index in [2.05, 4.69) is 10.1 Å². The van der Waals surface area contributed by atoms with Crippen LogP contribution in [0.25, 0.3) is 0 Å². The molecule has 0 saturated heterocycles. The van der Waals surface area contributed by atoms with Gasteiger partial charge in [0.05, 0.1) is 23.8 Å². The molecular weight excluding hydrogens is 234 g/mol. The maximum absolute atomic E-state index is 5.91. The number of hydrogen-bond donors (Lipinski definition) is 0. The molecule has 4 heteroatoms. The first-order chi connectivity index (χ1) is 8.11. The van der Waals surface area contributed by atoms with Crippen LogP contribution >= 0.6 is 11.6 Å². The van der Waals surface area contributed by atoms with Gasteiger partial charge in [0.15, 0.2) is 0 Å². The molecule has 3 nitrogen and oxygen atoms in total. The Morgan fingerprint density at radius 2 is 2.00 bits per heavy atom. The molecule has 0 aliphatic rings. The summed E-state index contributed by atoms with van der Waals surface area (Å²) in [5.74, 6) is 0.513.